The van der Waals surface area contributed by atoms with Gasteiger partial charge in [-0.2, -0.15) is 0 Å². The van der Waals surface area contributed by atoms with Crippen LogP contribution in [0.4, 0.5) is 5.00 Å². The summed E-state index contributed by atoms with van der Waals surface area (Å²) in [7, 11) is 0. The number of rotatable bonds is 8. The van der Waals surface area contributed by atoms with Crippen molar-refractivity contribution in [2.75, 3.05) is 18.5 Å². The van der Waals surface area contributed by atoms with Gasteiger partial charge in [0.05, 0.1) is 12.2 Å². The number of amides is 1. The van der Waals surface area contributed by atoms with Crippen LogP contribution in [-0.4, -0.2) is 37.3 Å². The second kappa shape index (κ2) is 9.95. The second-order valence-electron chi connectivity index (χ2n) is 5.92. The average molecular weight is 444 g/mol. The normalized spacial score (nSPS) is 10.3. The number of hydrogen-bond acceptors (Lipinski definition) is 8. The first kappa shape index (κ1) is 21.4. The first-order valence-corrected chi connectivity index (χ1v) is 10.6. The SMILES string of the molecule is CCOC(=O)c1c(-c2cccs2)csc1NC(=O)COC(=O)c1ccc(C=O)cc1. The number of carbonyl (C=O) groups excluding carboxylic acids is 4. The number of thiophene rings is 2. The monoisotopic (exact) mass is 443 g/mol. The van der Waals surface area contributed by atoms with Gasteiger partial charge >= 0.3 is 11.9 Å². The number of hydrogen-bond donors (Lipinski definition) is 1. The molecule has 0 fully saturated rings. The topological polar surface area (TPSA) is 98.8 Å². The Labute approximate surface area is 180 Å². The highest BCUT2D eigenvalue weighted by Crippen LogP contribution is 2.38. The molecule has 0 bridgehead atoms. The zero-order chi connectivity index (χ0) is 21.5. The van der Waals surface area contributed by atoms with Gasteiger partial charge in [-0.05, 0) is 30.5 Å². The van der Waals surface area contributed by atoms with Crippen LogP contribution in [0, 0.1) is 0 Å². The van der Waals surface area contributed by atoms with Crippen LogP contribution in [0.2, 0.25) is 0 Å². The fraction of sp³-hybridized carbons (Fsp3) is 0.143. The molecular weight excluding hydrogens is 426 g/mol. The highest BCUT2D eigenvalue weighted by molar-refractivity contribution is 7.17. The van der Waals surface area contributed by atoms with Crippen molar-refractivity contribution in [3.05, 3.63) is 63.8 Å². The minimum absolute atomic E-state index is 0.201. The predicted octanol–water partition coefficient (Wildman–Crippen LogP) is 4.26. The highest BCUT2D eigenvalue weighted by Gasteiger charge is 2.23. The molecule has 0 spiro atoms. The maximum absolute atomic E-state index is 12.5. The number of esters is 2. The lowest BCUT2D eigenvalue weighted by atomic mass is 10.1. The van der Waals surface area contributed by atoms with E-state index in [1.165, 1.54) is 46.9 Å². The Bertz CT molecular complexity index is 1050. The van der Waals surface area contributed by atoms with Gasteiger partial charge in [0.1, 0.15) is 16.9 Å². The minimum atomic E-state index is -0.696. The van der Waals surface area contributed by atoms with Crippen molar-refractivity contribution >= 4 is 51.8 Å². The Morgan fingerprint density at radius 2 is 1.80 bits per heavy atom. The third-order valence-electron chi connectivity index (χ3n) is 3.93. The molecule has 0 saturated carbocycles. The maximum Gasteiger partial charge on any atom is 0.341 e. The molecule has 30 heavy (non-hydrogen) atoms. The number of anilines is 1. The molecule has 0 aliphatic carbocycles. The standard InChI is InChI=1S/C21H17NO6S2/c1-2-27-21(26)18-15(16-4-3-9-29-16)12-30-19(18)22-17(24)11-28-20(25)14-7-5-13(10-23)6-8-14/h3-10,12H,2,11H2,1H3,(H,22,24). The van der Waals surface area contributed by atoms with Gasteiger partial charge in [0.2, 0.25) is 0 Å². The van der Waals surface area contributed by atoms with E-state index >= 15 is 0 Å². The zero-order valence-electron chi connectivity index (χ0n) is 15.9. The highest BCUT2D eigenvalue weighted by atomic mass is 32.1. The van der Waals surface area contributed by atoms with Crippen molar-refractivity contribution < 1.29 is 28.7 Å². The van der Waals surface area contributed by atoms with Gasteiger partial charge in [0, 0.05) is 21.4 Å². The van der Waals surface area contributed by atoms with E-state index in [1.807, 2.05) is 17.5 Å². The lowest BCUT2D eigenvalue weighted by Crippen LogP contribution is -2.21. The molecule has 0 aliphatic heterocycles. The Hall–Kier alpha value is -3.30. The van der Waals surface area contributed by atoms with Gasteiger partial charge < -0.3 is 14.8 Å². The molecule has 1 N–H and O–H groups in total. The summed E-state index contributed by atoms with van der Waals surface area (Å²) in [6.07, 6.45) is 0.662. The zero-order valence-corrected chi connectivity index (χ0v) is 17.5. The van der Waals surface area contributed by atoms with E-state index in [0.717, 1.165) is 4.88 Å². The van der Waals surface area contributed by atoms with Crippen molar-refractivity contribution in [3.8, 4) is 10.4 Å². The first-order chi connectivity index (χ1) is 14.5. The Kier molecular flexibility index (Phi) is 7.10. The van der Waals surface area contributed by atoms with Crippen LogP contribution in [0.3, 0.4) is 0 Å². The molecule has 9 heteroatoms. The summed E-state index contributed by atoms with van der Waals surface area (Å²) in [5.74, 6) is -1.82. The molecule has 1 amide bonds. The predicted molar refractivity (Wildman–Crippen MR) is 114 cm³/mol. The molecule has 2 heterocycles. The summed E-state index contributed by atoms with van der Waals surface area (Å²) in [4.78, 5) is 48.4. The largest absolute Gasteiger partial charge is 0.462 e. The number of carbonyl (C=O) groups is 4. The van der Waals surface area contributed by atoms with E-state index in [-0.39, 0.29) is 17.7 Å². The van der Waals surface area contributed by atoms with Crippen LogP contribution >= 0.6 is 22.7 Å². The van der Waals surface area contributed by atoms with Crippen LogP contribution in [0.25, 0.3) is 10.4 Å². The molecule has 7 nitrogen and oxygen atoms in total. The number of ether oxygens (including phenoxy) is 2. The number of benzene rings is 1. The van der Waals surface area contributed by atoms with E-state index < -0.39 is 24.5 Å². The van der Waals surface area contributed by atoms with Gasteiger partial charge in [-0.1, -0.05) is 18.2 Å². The second-order valence-corrected chi connectivity index (χ2v) is 7.74. The number of nitrogens with one attached hydrogen (secondary N) is 1. The summed E-state index contributed by atoms with van der Waals surface area (Å²) in [6, 6.07) is 9.58. The summed E-state index contributed by atoms with van der Waals surface area (Å²) in [5.41, 5.74) is 1.59. The Balaban J connectivity index is 1.69. The van der Waals surface area contributed by atoms with Crippen molar-refractivity contribution in [1.82, 2.24) is 0 Å². The minimum Gasteiger partial charge on any atom is -0.462 e. The van der Waals surface area contributed by atoms with Crippen LogP contribution in [0.15, 0.2) is 47.2 Å². The van der Waals surface area contributed by atoms with E-state index in [4.69, 9.17) is 9.47 Å². The Morgan fingerprint density at radius 1 is 1.03 bits per heavy atom. The van der Waals surface area contributed by atoms with Crippen LogP contribution in [0.5, 0.6) is 0 Å². The molecule has 0 aliphatic rings. The van der Waals surface area contributed by atoms with Gasteiger partial charge in [-0.3, -0.25) is 9.59 Å². The quantitative estimate of drug-likeness (QED) is 0.413. The van der Waals surface area contributed by atoms with Gasteiger partial charge in [-0.25, -0.2) is 9.59 Å². The fourth-order valence-corrected chi connectivity index (χ4v) is 4.33. The van der Waals surface area contributed by atoms with Gasteiger partial charge in [-0.15, -0.1) is 22.7 Å². The smallest absolute Gasteiger partial charge is 0.341 e. The van der Waals surface area contributed by atoms with E-state index in [2.05, 4.69) is 5.32 Å². The average Bonchev–Trinajstić information content (AvgIpc) is 3.42. The molecule has 3 aromatic rings. The maximum atomic E-state index is 12.5. The molecular formula is C21H17NO6S2. The lowest BCUT2D eigenvalue weighted by Gasteiger charge is -2.09. The van der Waals surface area contributed by atoms with Crippen molar-refractivity contribution in [2.24, 2.45) is 0 Å². The van der Waals surface area contributed by atoms with Gasteiger partial charge in [0.25, 0.3) is 5.91 Å². The van der Waals surface area contributed by atoms with E-state index in [9.17, 15) is 19.2 Å². The molecule has 3 rings (SSSR count). The van der Waals surface area contributed by atoms with E-state index in [0.29, 0.717) is 22.4 Å². The lowest BCUT2D eigenvalue weighted by molar-refractivity contribution is -0.119. The fourth-order valence-electron chi connectivity index (χ4n) is 2.54. The summed E-state index contributed by atoms with van der Waals surface area (Å²) < 4.78 is 10.1. The van der Waals surface area contributed by atoms with Crippen molar-refractivity contribution in [2.45, 2.75) is 6.92 Å². The summed E-state index contributed by atoms with van der Waals surface area (Å²) >= 11 is 2.66. The summed E-state index contributed by atoms with van der Waals surface area (Å²) in [6.45, 7) is 1.38. The van der Waals surface area contributed by atoms with Gasteiger partial charge in [0.15, 0.2) is 6.61 Å². The molecule has 0 saturated heterocycles. The molecule has 2 aromatic heterocycles. The first-order valence-electron chi connectivity index (χ1n) is 8.88. The molecule has 1 aromatic carbocycles. The number of aldehydes is 1. The third-order valence-corrected chi connectivity index (χ3v) is 5.73. The molecule has 154 valence electrons. The molecule has 0 radical (unpaired) electrons. The third kappa shape index (κ3) is 5.00. The Morgan fingerprint density at radius 3 is 2.43 bits per heavy atom. The van der Waals surface area contributed by atoms with Crippen LogP contribution in [0.1, 0.15) is 38.0 Å². The molecule has 0 unspecified atom stereocenters. The summed E-state index contributed by atoms with van der Waals surface area (Å²) in [5, 5.41) is 6.61. The van der Waals surface area contributed by atoms with E-state index in [1.54, 1.807) is 12.3 Å². The van der Waals surface area contributed by atoms with Crippen molar-refractivity contribution in [3.63, 3.8) is 0 Å². The van der Waals surface area contributed by atoms with Crippen molar-refractivity contribution in [1.29, 1.82) is 0 Å². The van der Waals surface area contributed by atoms with Crippen LogP contribution < -0.4 is 5.32 Å². The van der Waals surface area contributed by atoms with Crippen LogP contribution in [-0.2, 0) is 14.3 Å². The molecule has 0 atom stereocenters.